The average Bonchev–Trinajstić information content (AvgIpc) is 2.77. The van der Waals surface area contributed by atoms with E-state index in [0.717, 1.165) is 30.6 Å². The number of carbonyl (C=O) groups excluding carboxylic acids is 1. The summed E-state index contributed by atoms with van der Waals surface area (Å²) in [6.45, 7) is 1.16. The van der Waals surface area contributed by atoms with Gasteiger partial charge in [-0.25, -0.2) is 0 Å². The number of benzene rings is 3. The molecular weight excluding hydrogens is 390 g/mol. The smallest absolute Gasteiger partial charge is 0.251 e. The third kappa shape index (κ3) is 7.70. The van der Waals surface area contributed by atoms with E-state index in [0.29, 0.717) is 19.6 Å². The van der Waals surface area contributed by atoms with E-state index in [-0.39, 0.29) is 23.0 Å². The summed E-state index contributed by atoms with van der Waals surface area (Å²) in [5.41, 5.74) is 2.70. The van der Waals surface area contributed by atoms with E-state index in [1.807, 2.05) is 30.3 Å². The number of phenolic OH excluding ortho intramolecular Hbond substituents is 2. The second-order valence-electron chi connectivity index (χ2n) is 7.53. The van der Waals surface area contributed by atoms with Gasteiger partial charge >= 0.3 is 0 Å². The molecule has 5 nitrogen and oxygen atoms in total. The minimum absolute atomic E-state index is 0.142. The van der Waals surface area contributed by atoms with Crippen LogP contribution in [0.5, 0.6) is 17.2 Å². The lowest BCUT2D eigenvalue weighted by molar-refractivity contribution is 0.0953. The first-order valence-corrected chi connectivity index (χ1v) is 10.7. The fourth-order valence-electron chi connectivity index (χ4n) is 3.34. The van der Waals surface area contributed by atoms with Gasteiger partial charge in [0.1, 0.15) is 17.2 Å². The molecule has 3 aromatic rings. The molecule has 0 bridgehead atoms. The first-order chi connectivity index (χ1) is 15.1. The molecule has 31 heavy (non-hydrogen) atoms. The summed E-state index contributed by atoms with van der Waals surface area (Å²) in [4.78, 5) is 12.1. The highest BCUT2D eigenvalue weighted by atomic mass is 16.5. The Morgan fingerprint density at radius 2 is 1.45 bits per heavy atom. The number of carbonyl (C=O) groups is 1. The molecule has 0 aliphatic heterocycles. The summed E-state index contributed by atoms with van der Waals surface area (Å²) >= 11 is 0. The number of phenols is 2. The Morgan fingerprint density at radius 3 is 2.16 bits per heavy atom. The monoisotopic (exact) mass is 419 g/mol. The van der Waals surface area contributed by atoms with Crippen molar-refractivity contribution in [2.45, 2.75) is 32.1 Å². The number of hydrogen-bond acceptors (Lipinski definition) is 4. The van der Waals surface area contributed by atoms with Crippen molar-refractivity contribution < 1.29 is 19.7 Å². The Bertz CT molecular complexity index is 935. The lowest BCUT2D eigenvalue weighted by atomic mass is 10.1. The summed E-state index contributed by atoms with van der Waals surface area (Å²) in [5.74, 6) is 0.235. The Labute approximate surface area is 183 Å². The quantitative estimate of drug-likeness (QED) is 0.388. The summed E-state index contributed by atoms with van der Waals surface area (Å²) in [7, 11) is 0. The minimum Gasteiger partial charge on any atom is -0.508 e. The SMILES string of the molecule is O=C(NCCc1ccc(OCCCCCc2ccccc2)cc1)c1cc(O)cc(O)c1. The summed E-state index contributed by atoms with van der Waals surface area (Å²) in [5, 5.41) is 21.7. The Hall–Kier alpha value is -3.47. The van der Waals surface area contributed by atoms with Crippen LogP contribution in [0, 0.1) is 0 Å². The number of ether oxygens (including phenoxy) is 1. The Kier molecular flexibility index (Phi) is 8.35. The van der Waals surface area contributed by atoms with E-state index in [1.165, 1.54) is 30.2 Å². The first kappa shape index (κ1) is 22.2. The van der Waals surface area contributed by atoms with Crippen molar-refractivity contribution in [3.8, 4) is 17.2 Å². The summed E-state index contributed by atoms with van der Waals surface area (Å²) < 4.78 is 5.82. The van der Waals surface area contributed by atoms with Crippen LogP contribution in [0.4, 0.5) is 0 Å². The van der Waals surface area contributed by atoms with Crippen molar-refractivity contribution in [1.82, 2.24) is 5.32 Å². The van der Waals surface area contributed by atoms with Crippen LogP contribution >= 0.6 is 0 Å². The minimum atomic E-state index is -0.335. The van der Waals surface area contributed by atoms with Crippen LogP contribution in [0.15, 0.2) is 72.8 Å². The highest BCUT2D eigenvalue weighted by molar-refractivity contribution is 5.95. The zero-order chi connectivity index (χ0) is 21.9. The summed E-state index contributed by atoms with van der Waals surface area (Å²) in [6, 6.07) is 22.3. The number of aryl methyl sites for hydroxylation is 1. The number of hydrogen-bond donors (Lipinski definition) is 3. The van der Waals surface area contributed by atoms with Crippen molar-refractivity contribution in [1.29, 1.82) is 0 Å². The molecular formula is C26H29NO4. The van der Waals surface area contributed by atoms with Gasteiger partial charge in [0.05, 0.1) is 6.61 Å². The van der Waals surface area contributed by atoms with Gasteiger partial charge in [0.15, 0.2) is 0 Å². The van der Waals surface area contributed by atoms with E-state index in [2.05, 4.69) is 29.6 Å². The van der Waals surface area contributed by atoms with Crippen molar-refractivity contribution in [2.75, 3.05) is 13.2 Å². The largest absolute Gasteiger partial charge is 0.508 e. The molecule has 0 unspecified atom stereocenters. The van der Waals surface area contributed by atoms with Crippen molar-refractivity contribution >= 4 is 5.91 Å². The second-order valence-corrected chi connectivity index (χ2v) is 7.53. The molecule has 0 saturated heterocycles. The number of aromatic hydroxyl groups is 2. The summed E-state index contributed by atoms with van der Waals surface area (Å²) in [6.07, 6.45) is 5.13. The molecule has 0 radical (unpaired) electrons. The van der Waals surface area contributed by atoms with Gasteiger partial charge in [-0.15, -0.1) is 0 Å². The predicted molar refractivity (Wildman–Crippen MR) is 122 cm³/mol. The standard InChI is InChI=1S/C26H29NO4/c28-23-17-22(18-24(29)19-23)26(30)27-15-14-21-10-12-25(13-11-21)31-16-6-2-5-9-20-7-3-1-4-8-20/h1,3-4,7-8,10-13,17-19,28-29H,2,5-6,9,14-16H2,(H,27,30). The number of rotatable bonds is 11. The van der Waals surface area contributed by atoms with Crippen molar-refractivity contribution in [3.63, 3.8) is 0 Å². The molecule has 0 aromatic heterocycles. The molecule has 162 valence electrons. The maximum Gasteiger partial charge on any atom is 0.251 e. The Balaban J connectivity index is 1.31. The second kappa shape index (κ2) is 11.6. The maximum atomic E-state index is 12.1. The number of unbranched alkanes of at least 4 members (excludes halogenated alkanes) is 2. The molecule has 0 spiro atoms. The first-order valence-electron chi connectivity index (χ1n) is 10.7. The zero-order valence-electron chi connectivity index (χ0n) is 17.6. The van der Waals surface area contributed by atoms with E-state index in [1.54, 1.807) is 0 Å². The molecule has 3 rings (SSSR count). The van der Waals surface area contributed by atoms with Crippen LogP contribution in [-0.2, 0) is 12.8 Å². The van der Waals surface area contributed by atoms with Gasteiger partial charge in [0.25, 0.3) is 5.91 Å². The molecule has 0 aliphatic rings. The van der Waals surface area contributed by atoms with Crippen LogP contribution in [0.2, 0.25) is 0 Å². The van der Waals surface area contributed by atoms with Gasteiger partial charge in [0, 0.05) is 18.2 Å². The van der Waals surface area contributed by atoms with Crippen molar-refractivity contribution in [3.05, 3.63) is 89.5 Å². The van der Waals surface area contributed by atoms with Gasteiger partial charge in [-0.3, -0.25) is 4.79 Å². The van der Waals surface area contributed by atoms with Crippen LogP contribution in [0.3, 0.4) is 0 Å². The number of amides is 1. The van der Waals surface area contributed by atoms with Crippen LogP contribution in [-0.4, -0.2) is 29.3 Å². The maximum absolute atomic E-state index is 12.1. The van der Waals surface area contributed by atoms with Gasteiger partial charge in [0.2, 0.25) is 0 Å². The third-order valence-electron chi connectivity index (χ3n) is 5.01. The molecule has 0 heterocycles. The Morgan fingerprint density at radius 1 is 0.774 bits per heavy atom. The van der Waals surface area contributed by atoms with E-state index in [4.69, 9.17) is 4.74 Å². The van der Waals surface area contributed by atoms with Gasteiger partial charge < -0.3 is 20.3 Å². The van der Waals surface area contributed by atoms with Crippen molar-refractivity contribution in [2.24, 2.45) is 0 Å². The van der Waals surface area contributed by atoms with E-state index >= 15 is 0 Å². The molecule has 0 fully saturated rings. The fraction of sp³-hybridized carbons (Fsp3) is 0.269. The lowest BCUT2D eigenvalue weighted by Crippen LogP contribution is -2.25. The fourth-order valence-corrected chi connectivity index (χ4v) is 3.34. The zero-order valence-corrected chi connectivity index (χ0v) is 17.6. The highest BCUT2D eigenvalue weighted by Crippen LogP contribution is 2.20. The molecule has 1 amide bonds. The number of nitrogens with one attached hydrogen (secondary N) is 1. The molecule has 0 saturated carbocycles. The third-order valence-corrected chi connectivity index (χ3v) is 5.01. The van der Waals surface area contributed by atoms with Gasteiger partial charge in [-0.05, 0) is 67.5 Å². The predicted octanol–water partition coefficient (Wildman–Crippen LogP) is 4.86. The van der Waals surface area contributed by atoms with Gasteiger partial charge in [-0.1, -0.05) is 42.5 Å². The molecule has 3 aromatic carbocycles. The average molecular weight is 420 g/mol. The van der Waals surface area contributed by atoms with Crippen LogP contribution in [0.1, 0.15) is 40.7 Å². The van der Waals surface area contributed by atoms with Gasteiger partial charge in [-0.2, -0.15) is 0 Å². The lowest BCUT2D eigenvalue weighted by Gasteiger charge is -2.09. The topological polar surface area (TPSA) is 78.8 Å². The van der Waals surface area contributed by atoms with E-state index in [9.17, 15) is 15.0 Å². The normalized spacial score (nSPS) is 10.6. The van der Waals surface area contributed by atoms with Crippen LogP contribution in [0.25, 0.3) is 0 Å². The molecule has 5 heteroatoms. The van der Waals surface area contributed by atoms with Crippen LogP contribution < -0.4 is 10.1 Å². The molecule has 3 N–H and O–H groups in total. The molecule has 0 atom stereocenters. The van der Waals surface area contributed by atoms with E-state index < -0.39 is 0 Å². The molecule has 0 aliphatic carbocycles. The highest BCUT2D eigenvalue weighted by Gasteiger charge is 2.08.